The standard InChI is InChI=1S/C65H106O29/c1-11-26(2)54(83)93-50-41(72)33(24-85-56-47(78)44(75)39(70)31(22-67)89-56)90-58(49(50)80)92-36-15-16-62(8)34(61(36,6)7)14-17-64(10)35(62)13-12-28-29-20-60(4,5)52(81)53(82)65(29,19-18-63(28,64)9)25-86-59-51(94-57-48(79)42(73)37(68)27(3)87-57)45(76)40(71)32(91-59)23-84-55-46(77)43(74)38(69)30(21-66)88-55/h11-12,27,29-53,55-59,66-82H,13-25H2,1-10H3/b26-11+/t27?,29?,30?,31?,32?,33?,34?,35?,36-,37-,38+,39+,40+,41+,42?,43?,44+,45?,46-,47?,48-,49-,50?,51-,52-,53-,55+,56?,57-,58-,59+,62-,63+,64+,65-/m0/s1. The fourth-order valence-corrected chi connectivity index (χ4v) is 18.4. The fraction of sp³-hybridized carbons (Fsp3) is 0.923. The molecular formula is C65H106O29. The lowest BCUT2D eigenvalue weighted by atomic mass is 9.33. The molecule has 5 aliphatic carbocycles. The Hall–Kier alpha value is -2.13. The van der Waals surface area contributed by atoms with Gasteiger partial charge in [0, 0.05) is 11.0 Å². The number of ether oxygens (including phenoxy) is 11. The number of hydrogen-bond donors (Lipinski definition) is 17. The Morgan fingerprint density at radius 1 is 0.543 bits per heavy atom. The molecule has 0 aromatic rings. The van der Waals surface area contributed by atoms with Crippen molar-refractivity contribution in [2.45, 2.75) is 292 Å². The van der Waals surface area contributed by atoms with Crippen LogP contribution in [0.3, 0.4) is 0 Å². The fourth-order valence-electron chi connectivity index (χ4n) is 18.4. The number of rotatable bonds is 17. The Kier molecular flexibility index (Phi) is 22.2. The van der Waals surface area contributed by atoms with Crippen LogP contribution in [0.25, 0.3) is 0 Å². The summed E-state index contributed by atoms with van der Waals surface area (Å²) in [4.78, 5) is 13.3. The first-order valence-corrected chi connectivity index (χ1v) is 33.4. The maximum Gasteiger partial charge on any atom is 0.333 e. The highest BCUT2D eigenvalue weighted by molar-refractivity contribution is 5.87. The van der Waals surface area contributed by atoms with E-state index in [1.165, 1.54) is 19.9 Å². The number of carbonyl (C=O) groups excluding carboxylic acids is 1. The monoisotopic (exact) mass is 1350 g/mol. The van der Waals surface area contributed by atoms with Gasteiger partial charge in [0.2, 0.25) is 0 Å². The summed E-state index contributed by atoms with van der Waals surface area (Å²) >= 11 is 0. The molecule has 0 radical (unpaired) electrons. The third-order valence-electron chi connectivity index (χ3n) is 24.8. The van der Waals surface area contributed by atoms with Crippen LogP contribution < -0.4 is 0 Å². The van der Waals surface area contributed by atoms with Crippen LogP contribution in [0.15, 0.2) is 23.3 Å². The van der Waals surface area contributed by atoms with Crippen LogP contribution in [0.2, 0.25) is 0 Å². The van der Waals surface area contributed by atoms with Crippen molar-refractivity contribution in [2.75, 3.05) is 33.0 Å². The highest BCUT2D eigenvalue weighted by atomic mass is 16.8. The molecule has 29 heteroatoms. The van der Waals surface area contributed by atoms with Crippen LogP contribution in [0, 0.1) is 50.2 Å². The zero-order valence-electron chi connectivity index (χ0n) is 55.2. The quantitative estimate of drug-likeness (QED) is 0.0294. The van der Waals surface area contributed by atoms with E-state index in [-0.39, 0.29) is 34.8 Å². The van der Waals surface area contributed by atoms with Gasteiger partial charge in [0.15, 0.2) is 37.6 Å². The molecule has 0 spiro atoms. The van der Waals surface area contributed by atoms with E-state index in [0.29, 0.717) is 38.5 Å². The minimum atomic E-state index is -1.92. The Balaban J connectivity index is 0.900. The molecule has 0 bridgehead atoms. The molecule has 540 valence electrons. The number of carbonyl (C=O) groups is 1. The van der Waals surface area contributed by atoms with Crippen molar-refractivity contribution in [2.24, 2.45) is 50.2 Å². The topological polar surface area (TPSA) is 463 Å². The van der Waals surface area contributed by atoms with E-state index in [0.717, 1.165) is 18.4 Å². The van der Waals surface area contributed by atoms with Crippen LogP contribution in [0.1, 0.15) is 121 Å². The highest BCUT2D eigenvalue weighted by Crippen LogP contribution is 2.76. The van der Waals surface area contributed by atoms with Gasteiger partial charge in [-0.1, -0.05) is 66.2 Å². The van der Waals surface area contributed by atoms with Gasteiger partial charge in [-0.3, -0.25) is 0 Å². The average molecular weight is 1350 g/mol. The molecule has 94 heavy (non-hydrogen) atoms. The SMILES string of the molecule is C/C=C(\C)C(=O)OC1[C@H](O)C(COC2OC(CO)[C@@H](O)[C@@H](O)C2O)O[C@@H](O[C@H]2CC[C@@]3(C)C(CC[C@]4(C)C3CC=C3C5CC(C)(C)[C@@H](O)[C@H](O)[C@]5(CO[C@@H]5OC(CO[C@@H]6OC(CO)[C@@H](O)C(O)[C@@H]6O)[C@@H](O)C(O)[C@@H]5O[C@@H]5OC(C)[C@H](O)C(O)[C@@H]5O)CC[C@]34C)C2(C)C)[C@H]1O. The lowest BCUT2D eigenvalue weighted by Gasteiger charge is -2.72. The molecule has 5 aliphatic heterocycles. The summed E-state index contributed by atoms with van der Waals surface area (Å²) in [6.45, 7) is 16.7. The van der Waals surface area contributed by atoms with Gasteiger partial charge >= 0.3 is 5.97 Å². The molecule has 29 nitrogen and oxygen atoms in total. The van der Waals surface area contributed by atoms with Crippen molar-refractivity contribution in [3.05, 3.63) is 23.3 Å². The van der Waals surface area contributed by atoms with Crippen LogP contribution >= 0.6 is 0 Å². The largest absolute Gasteiger partial charge is 0.453 e. The van der Waals surface area contributed by atoms with Crippen LogP contribution in [-0.2, 0) is 56.9 Å². The van der Waals surface area contributed by atoms with Gasteiger partial charge in [-0.15, -0.1) is 0 Å². The van der Waals surface area contributed by atoms with Crippen molar-refractivity contribution in [1.29, 1.82) is 0 Å². The molecular weight excluding hydrogens is 1240 g/mol. The molecule has 35 atom stereocenters. The third kappa shape index (κ3) is 12.8. The molecule has 17 N–H and O–H groups in total. The molecule has 0 aromatic carbocycles. The number of aliphatic hydroxyl groups excluding tert-OH is 17. The van der Waals surface area contributed by atoms with Gasteiger partial charge in [0.1, 0.15) is 110 Å². The summed E-state index contributed by atoms with van der Waals surface area (Å²) in [5.41, 5.74) is -2.50. The van der Waals surface area contributed by atoms with Crippen molar-refractivity contribution < 1.29 is 144 Å². The normalized spacial score (nSPS) is 52.7. The Morgan fingerprint density at radius 3 is 1.66 bits per heavy atom. The second kappa shape index (κ2) is 28.0. The summed E-state index contributed by atoms with van der Waals surface area (Å²) in [5.74, 6) is -1.11. The first-order valence-electron chi connectivity index (χ1n) is 33.4. The maximum atomic E-state index is 13.3. The first kappa shape index (κ1) is 74.6. The summed E-state index contributed by atoms with van der Waals surface area (Å²) in [6, 6.07) is 0. The Bertz CT molecular complexity index is 2660. The summed E-state index contributed by atoms with van der Waals surface area (Å²) in [6.07, 6.45) is -35.6. The Labute approximate surface area is 547 Å². The Morgan fingerprint density at radius 2 is 1.07 bits per heavy atom. The van der Waals surface area contributed by atoms with Crippen molar-refractivity contribution in [3.8, 4) is 0 Å². The average Bonchev–Trinajstić information content (AvgIpc) is 0.675. The predicted octanol–water partition coefficient (Wildman–Crippen LogP) is -3.25. The van der Waals surface area contributed by atoms with Crippen LogP contribution in [0.4, 0.5) is 0 Å². The molecule has 9 fully saturated rings. The second-order valence-corrected chi connectivity index (χ2v) is 30.7. The van der Waals surface area contributed by atoms with Crippen molar-refractivity contribution >= 4 is 5.97 Å². The molecule has 5 heterocycles. The predicted molar refractivity (Wildman–Crippen MR) is 320 cm³/mol. The van der Waals surface area contributed by atoms with E-state index in [1.807, 2.05) is 13.8 Å². The summed E-state index contributed by atoms with van der Waals surface area (Å²) in [7, 11) is 0. The van der Waals surface area contributed by atoms with Crippen LogP contribution in [-0.4, -0.2) is 298 Å². The number of allylic oxidation sites excluding steroid dienone is 3. The van der Waals surface area contributed by atoms with Gasteiger partial charge in [0.05, 0.1) is 57.5 Å². The minimum absolute atomic E-state index is 0.0299. The van der Waals surface area contributed by atoms with E-state index in [9.17, 15) is 91.6 Å². The van der Waals surface area contributed by atoms with Gasteiger partial charge in [-0.25, -0.2) is 4.79 Å². The number of aliphatic hydroxyl groups is 17. The number of hydrogen-bond acceptors (Lipinski definition) is 29. The first-order chi connectivity index (χ1) is 44.0. The summed E-state index contributed by atoms with van der Waals surface area (Å²) in [5, 5.41) is 187. The molecule has 0 aromatic heterocycles. The van der Waals surface area contributed by atoms with Crippen molar-refractivity contribution in [3.63, 3.8) is 0 Å². The van der Waals surface area contributed by atoms with E-state index in [4.69, 9.17) is 52.1 Å². The van der Waals surface area contributed by atoms with Gasteiger partial charge in [0.25, 0.3) is 0 Å². The molecule has 14 unspecified atom stereocenters. The smallest absolute Gasteiger partial charge is 0.333 e. The zero-order chi connectivity index (χ0) is 69.0. The lowest BCUT2D eigenvalue weighted by molar-refractivity contribution is -0.374. The van der Waals surface area contributed by atoms with E-state index in [2.05, 4.69) is 40.7 Å². The van der Waals surface area contributed by atoms with E-state index in [1.54, 1.807) is 6.92 Å². The number of esters is 1. The van der Waals surface area contributed by atoms with Gasteiger partial charge in [-0.05, 0) is 117 Å². The molecule has 4 saturated carbocycles. The molecule has 10 aliphatic rings. The number of fused-ring (bicyclic) bond motifs is 7. The zero-order valence-corrected chi connectivity index (χ0v) is 55.2. The molecule has 10 rings (SSSR count). The van der Waals surface area contributed by atoms with Crippen LogP contribution in [0.5, 0.6) is 0 Å². The van der Waals surface area contributed by atoms with E-state index >= 15 is 0 Å². The highest BCUT2D eigenvalue weighted by Gasteiger charge is 2.71. The summed E-state index contributed by atoms with van der Waals surface area (Å²) < 4.78 is 66.6. The van der Waals surface area contributed by atoms with E-state index < -0.39 is 232 Å². The maximum absolute atomic E-state index is 13.3. The molecule has 0 amide bonds. The molecule has 5 saturated heterocycles. The van der Waals surface area contributed by atoms with Gasteiger partial charge in [-0.2, -0.15) is 0 Å². The van der Waals surface area contributed by atoms with Gasteiger partial charge < -0.3 is 139 Å². The minimum Gasteiger partial charge on any atom is -0.453 e. The third-order valence-corrected chi connectivity index (χ3v) is 24.8. The lowest BCUT2D eigenvalue weighted by Crippen LogP contribution is -2.69. The van der Waals surface area contributed by atoms with Crippen molar-refractivity contribution in [1.82, 2.24) is 0 Å². The second-order valence-electron chi connectivity index (χ2n) is 30.7.